The zero-order valence-electron chi connectivity index (χ0n) is 13.0. The molecule has 0 N–H and O–H groups in total. The number of likely N-dealkylation sites (tertiary alicyclic amines) is 1. The van der Waals surface area contributed by atoms with E-state index in [1.165, 1.54) is 4.90 Å². The van der Waals surface area contributed by atoms with Crippen LogP contribution in [0, 0.1) is 11.8 Å². The average molecular weight is 303 g/mol. The molecule has 0 aliphatic carbocycles. The molecule has 1 fully saturated rings. The van der Waals surface area contributed by atoms with Crippen LogP contribution in [0.3, 0.4) is 0 Å². The van der Waals surface area contributed by atoms with E-state index in [9.17, 15) is 9.59 Å². The minimum atomic E-state index is -0.224. The van der Waals surface area contributed by atoms with Gasteiger partial charge in [-0.05, 0) is 30.4 Å². The zero-order chi connectivity index (χ0) is 15.7. The van der Waals surface area contributed by atoms with Gasteiger partial charge in [0.25, 0.3) is 5.91 Å². The van der Waals surface area contributed by atoms with Crippen molar-refractivity contribution in [3.05, 3.63) is 18.3 Å². The molecular weight excluding hydrogens is 282 g/mol. The third kappa shape index (κ3) is 2.91. The van der Waals surface area contributed by atoms with E-state index in [4.69, 9.17) is 4.74 Å². The minimum absolute atomic E-state index is 0.0229. The van der Waals surface area contributed by atoms with Crippen LogP contribution in [0.5, 0.6) is 5.75 Å². The summed E-state index contributed by atoms with van der Waals surface area (Å²) >= 11 is 0. The summed E-state index contributed by atoms with van der Waals surface area (Å²) in [6, 6.07) is 3.51. The molecule has 0 radical (unpaired) electrons. The van der Waals surface area contributed by atoms with Crippen LogP contribution in [0.15, 0.2) is 18.3 Å². The Kier molecular flexibility index (Phi) is 4.00. The molecule has 2 unspecified atom stereocenters. The Morgan fingerprint density at radius 3 is 2.82 bits per heavy atom. The van der Waals surface area contributed by atoms with Crippen molar-refractivity contribution >= 4 is 17.6 Å². The molecule has 1 aromatic rings. The summed E-state index contributed by atoms with van der Waals surface area (Å²) in [7, 11) is 0. The zero-order valence-corrected chi connectivity index (χ0v) is 13.0. The summed E-state index contributed by atoms with van der Waals surface area (Å²) in [4.78, 5) is 32.2. The van der Waals surface area contributed by atoms with Gasteiger partial charge in [0.15, 0.2) is 18.2 Å². The summed E-state index contributed by atoms with van der Waals surface area (Å²) in [6.07, 6.45) is 2.74. The van der Waals surface area contributed by atoms with Gasteiger partial charge in [-0.25, -0.2) is 4.98 Å². The van der Waals surface area contributed by atoms with Gasteiger partial charge in [-0.15, -0.1) is 0 Å². The lowest BCUT2D eigenvalue weighted by Crippen LogP contribution is -2.50. The number of ether oxygens (including phenoxy) is 1. The Hall–Kier alpha value is -2.11. The number of aromatic nitrogens is 1. The van der Waals surface area contributed by atoms with Crippen LogP contribution >= 0.6 is 0 Å². The minimum Gasteiger partial charge on any atom is -0.480 e. The summed E-state index contributed by atoms with van der Waals surface area (Å²) in [5.41, 5.74) is 0. The van der Waals surface area contributed by atoms with E-state index in [1.54, 1.807) is 18.3 Å². The molecule has 6 heteroatoms. The summed E-state index contributed by atoms with van der Waals surface area (Å²) < 4.78 is 5.35. The van der Waals surface area contributed by atoms with Gasteiger partial charge in [0.2, 0.25) is 5.91 Å². The van der Waals surface area contributed by atoms with Crippen molar-refractivity contribution in [1.29, 1.82) is 0 Å². The average Bonchev–Trinajstić information content (AvgIpc) is 2.49. The standard InChI is InChI=1S/C16H21N3O3/c1-11-6-12(2)8-18(7-11)14(20)9-19-15(21)10-22-13-4-3-5-17-16(13)19/h3-5,11-12H,6-10H2,1-2H3. The van der Waals surface area contributed by atoms with E-state index in [1.807, 2.05) is 4.90 Å². The van der Waals surface area contributed by atoms with E-state index in [2.05, 4.69) is 18.8 Å². The van der Waals surface area contributed by atoms with Gasteiger partial charge >= 0.3 is 0 Å². The highest BCUT2D eigenvalue weighted by Gasteiger charge is 2.32. The number of hydrogen-bond donors (Lipinski definition) is 0. The smallest absolute Gasteiger partial charge is 0.266 e. The van der Waals surface area contributed by atoms with Crippen LogP contribution in [-0.2, 0) is 9.59 Å². The highest BCUT2D eigenvalue weighted by atomic mass is 16.5. The maximum Gasteiger partial charge on any atom is 0.266 e. The lowest BCUT2D eigenvalue weighted by atomic mass is 9.92. The largest absolute Gasteiger partial charge is 0.480 e. The second-order valence-electron chi connectivity index (χ2n) is 6.34. The first-order valence-corrected chi connectivity index (χ1v) is 7.70. The molecule has 22 heavy (non-hydrogen) atoms. The molecule has 0 aromatic carbocycles. The molecule has 1 saturated heterocycles. The Bertz CT molecular complexity index is 580. The van der Waals surface area contributed by atoms with Gasteiger partial charge in [-0.1, -0.05) is 13.8 Å². The highest BCUT2D eigenvalue weighted by Crippen LogP contribution is 2.29. The second kappa shape index (κ2) is 5.94. The van der Waals surface area contributed by atoms with E-state index in [-0.39, 0.29) is 25.0 Å². The van der Waals surface area contributed by atoms with Crippen molar-refractivity contribution in [3.63, 3.8) is 0 Å². The summed E-state index contributed by atoms with van der Waals surface area (Å²) in [5, 5.41) is 0. The highest BCUT2D eigenvalue weighted by molar-refractivity contribution is 6.01. The van der Waals surface area contributed by atoms with E-state index < -0.39 is 0 Å². The van der Waals surface area contributed by atoms with Gasteiger partial charge in [-0.3, -0.25) is 14.5 Å². The lowest BCUT2D eigenvalue weighted by molar-refractivity contribution is -0.134. The number of rotatable bonds is 2. The number of pyridine rings is 1. The number of carbonyl (C=O) groups is 2. The second-order valence-corrected chi connectivity index (χ2v) is 6.34. The molecule has 3 heterocycles. The fourth-order valence-electron chi connectivity index (χ4n) is 3.30. The Labute approximate surface area is 130 Å². The van der Waals surface area contributed by atoms with Crippen LogP contribution in [0.4, 0.5) is 5.82 Å². The van der Waals surface area contributed by atoms with E-state index in [0.717, 1.165) is 19.5 Å². The van der Waals surface area contributed by atoms with Gasteiger partial charge in [0.05, 0.1) is 0 Å². The van der Waals surface area contributed by atoms with Gasteiger partial charge in [-0.2, -0.15) is 0 Å². The molecule has 1 aromatic heterocycles. The topological polar surface area (TPSA) is 62.7 Å². The molecule has 0 bridgehead atoms. The third-order valence-electron chi connectivity index (χ3n) is 4.17. The molecule has 118 valence electrons. The van der Waals surface area contributed by atoms with Crippen molar-refractivity contribution in [3.8, 4) is 5.75 Å². The molecule has 3 rings (SSSR count). The molecule has 2 atom stereocenters. The van der Waals surface area contributed by atoms with Crippen molar-refractivity contribution < 1.29 is 14.3 Å². The number of fused-ring (bicyclic) bond motifs is 1. The molecule has 0 spiro atoms. The van der Waals surface area contributed by atoms with Crippen molar-refractivity contribution in [2.24, 2.45) is 11.8 Å². The number of amides is 2. The maximum absolute atomic E-state index is 12.6. The quantitative estimate of drug-likeness (QED) is 0.826. The van der Waals surface area contributed by atoms with Crippen LogP contribution in [0.1, 0.15) is 20.3 Å². The monoisotopic (exact) mass is 303 g/mol. The maximum atomic E-state index is 12.6. The normalized spacial score (nSPS) is 24.7. The Morgan fingerprint density at radius 1 is 1.36 bits per heavy atom. The molecular formula is C16H21N3O3. The SMILES string of the molecule is CC1CC(C)CN(C(=O)CN2C(=O)COc3cccnc32)C1. The molecule has 2 aliphatic heterocycles. The fraction of sp³-hybridized carbons (Fsp3) is 0.562. The van der Waals surface area contributed by atoms with E-state index in [0.29, 0.717) is 23.4 Å². The van der Waals surface area contributed by atoms with Gasteiger partial charge in [0, 0.05) is 19.3 Å². The molecule has 6 nitrogen and oxygen atoms in total. The van der Waals surface area contributed by atoms with Crippen LogP contribution < -0.4 is 9.64 Å². The molecule has 2 aliphatic rings. The Balaban J connectivity index is 1.75. The number of nitrogens with zero attached hydrogens (tertiary/aromatic N) is 3. The lowest BCUT2D eigenvalue weighted by Gasteiger charge is -2.36. The first-order valence-electron chi connectivity index (χ1n) is 7.70. The van der Waals surface area contributed by atoms with Crippen LogP contribution in [-0.4, -0.2) is 47.9 Å². The number of hydrogen-bond acceptors (Lipinski definition) is 4. The van der Waals surface area contributed by atoms with E-state index >= 15 is 0 Å². The summed E-state index contributed by atoms with van der Waals surface area (Å²) in [5.74, 6) is 1.74. The van der Waals surface area contributed by atoms with Crippen molar-refractivity contribution in [2.75, 3.05) is 31.1 Å². The Morgan fingerprint density at radius 2 is 2.09 bits per heavy atom. The third-order valence-corrected chi connectivity index (χ3v) is 4.17. The molecule has 0 saturated carbocycles. The van der Waals surface area contributed by atoms with Crippen LogP contribution in [0.2, 0.25) is 0 Å². The molecule has 2 amide bonds. The number of piperidine rings is 1. The first kappa shape index (κ1) is 14.8. The predicted octanol–water partition coefficient (Wildman–Crippen LogP) is 1.31. The van der Waals surface area contributed by atoms with Crippen LogP contribution in [0.25, 0.3) is 0 Å². The van der Waals surface area contributed by atoms with Crippen molar-refractivity contribution in [2.45, 2.75) is 20.3 Å². The number of carbonyl (C=O) groups excluding carboxylic acids is 2. The van der Waals surface area contributed by atoms with Gasteiger partial charge in [0.1, 0.15) is 6.54 Å². The number of anilines is 1. The summed E-state index contributed by atoms with van der Waals surface area (Å²) in [6.45, 7) is 5.83. The predicted molar refractivity (Wildman–Crippen MR) is 81.6 cm³/mol. The van der Waals surface area contributed by atoms with Gasteiger partial charge < -0.3 is 9.64 Å². The van der Waals surface area contributed by atoms with Crippen molar-refractivity contribution in [1.82, 2.24) is 9.88 Å². The first-order chi connectivity index (χ1) is 10.5. The fourth-order valence-corrected chi connectivity index (χ4v) is 3.30.